The molecule has 1 aromatic carbocycles. The zero-order chi connectivity index (χ0) is 12.4. The molecule has 1 saturated heterocycles. The van der Waals surface area contributed by atoms with Crippen molar-refractivity contribution >= 4 is 15.9 Å². The Bertz CT molecular complexity index is 411. The Balaban J connectivity index is 2.39. The van der Waals surface area contributed by atoms with Gasteiger partial charge in [0, 0.05) is 18.1 Å². The third-order valence-electron chi connectivity index (χ3n) is 3.01. The van der Waals surface area contributed by atoms with E-state index >= 15 is 0 Å². The highest BCUT2D eigenvalue weighted by molar-refractivity contribution is 9.10. The molecule has 1 aromatic rings. The van der Waals surface area contributed by atoms with Crippen molar-refractivity contribution in [3.63, 3.8) is 0 Å². The first-order chi connectivity index (χ1) is 8.15. The van der Waals surface area contributed by atoms with E-state index in [1.165, 1.54) is 12.1 Å². The second-order valence-electron chi connectivity index (χ2n) is 4.02. The Labute approximate surface area is 106 Å². The number of ether oxygens (including phenoxy) is 1. The summed E-state index contributed by atoms with van der Waals surface area (Å²) in [7, 11) is 0. The standard InChI is InChI=1S/C11H13BrF2N2O/c12-7-1-2-8(13)9(10(7)14)11(16-15)6-3-4-17-5-6/h1-2,6,11,16H,3-5,15H2. The van der Waals surface area contributed by atoms with Gasteiger partial charge in [0.1, 0.15) is 11.6 Å². The van der Waals surface area contributed by atoms with Gasteiger partial charge in [0.15, 0.2) is 0 Å². The Kier molecular flexibility index (Phi) is 4.09. The maximum absolute atomic E-state index is 13.9. The molecule has 2 atom stereocenters. The number of hydrogen-bond donors (Lipinski definition) is 2. The number of hydrazine groups is 1. The van der Waals surface area contributed by atoms with Gasteiger partial charge in [-0.1, -0.05) is 0 Å². The Morgan fingerprint density at radius 1 is 1.47 bits per heavy atom. The molecular weight excluding hydrogens is 294 g/mol. The highest BCUT2D eigenvalue weighted by Gasteiger charge is 2.31. The molecule has 3 N–H and O–H groups in total. The number of nitrogens with two attached hydrogens (primary N) is 1. The fraction of sp³-hybridized carbons (Fsp3) is 0.455. The van der Waals surface area contributed by atoms with Crippen LogP contribution in [0.3, 0.4) is 0 Å². The maximum atomic E-state index is 13.9. The van der Waals surface area contributed by atoms with Crippen LogP contribution in [0.4, 0.5) is 8.78 Å². The van der Waals surface area contributed by atoms with Crippen molar-refractivity contribution < 1.29 is 13.5 Å². The van der Waals surface area contributed by atoms with Crippen LogP contribution in [0.15, 0.2) is 16.6 Å². The molecule has 1 fully saturated rings. The van der Waals surface area contributed by atoms with Gasteiger partial charge in [0.25, 0.3) is 0 Å². The molecule has 1 aliphatic rings. The van der Waals surface area contributed by atoms with E-state index in [9.17, 15) is 8.78 Å². The van der Waals surface area contributed by atoms with Crippen molar-refractivity contribution in [3.05, 3.63) is 33.8 Å². The summed E-state index contributed by atoms with van der Waals surface area (Å²) in [6.45, 7) is 1.06. The smallest absolute Gasteiger partial charge is 0.145 e. The molecule has 0 saturated carbocycles. The summed E-state index contributed by atoms with van der Waals surface area (Å²) in [4.78, 5) is 0. The summed E-state index contributed by atoms with van der Waals surface area (Å²) in [6, 6.07) is 1.99. The van der Waals surface area contributed by atoms with Crippen molar-refractivity contribution in [2.24, 2.45) is 11.8 Å². The Hall–Kier alpha value is -0.560. The first kappa shape index (κ1) is 12.9. The summed E-state index contributed by atoms with van der Waals surface area (Å²) in [5.74, 6) is 4.19. The van der Waals surface area contributed by atoms with E-state index in [0.29, 0.717) is 13.2 Å². The molecule has 2 unspecified atom stereocenters. The average Bonchev–Trinajstić information content (AvgIpc) is 2.83. The number of benzene rings is 1. The lowest BCUT2D eigenvalue weighted by molar-refractivity contribution is 0.175. The Morgan fingerprint density at radius 3 is 2.82 bits per heavy atom. The van der Waals surface area contributed by atoms with Crippen LogP contribution in [-0.2, 0) is 4.74 Å². The topological polar surface area (TPSA) is 47.3 Å². The molecular formula is C11H13BrF2N2O. The molecule has 0 spiro atoms. The fourth-order valence-corrected chi connectivity index (χ4v) is 2.44. The van der Waals surface area contributed by atoms with E-state index in [1.54, 1.807) is 0 Å². The van der Waals surface area contributed by atoms with Gasteiger partial charge in [-0.2, -0.15) is 0 Å². The van der Waals surface area contributed by atoms with Crippen LogP contribution in [0.1, 0.15) is 18.0 Å². The third kappa shape index (κ3) is 2.49. The number of hydrogen-bond acceptors (Lipinski definition) is 3. The lowest BCUT2D eigenvalue weighted by atomic mass is 9.92. The fourth-order valence-electron chi connectivity index (χ4n) is 2.10. The van der Waals surface area contributed by atoms with Crippen LogP contribution in [-0.4, -0.2) is 13.2 Å². The van der Waals surface area contributed by atoms with Gasteiger partial charge in [-0.3, -0.25) is 11.3 Å². The molecule has 0 amide bonds. The summed E-state index contributed by atoms with van der Waals surface area (Å²) in [5, 5.41) is 0. The van der Waals surface area contributed by atoms with Gasteiger partial charge in [0.05, 0.1) is 17.1 Å². The lowest BCUT2D eigenvalue weighted by Crippen LogP contribution is -2.35. The molecule has 94 valence electrons. The first-order valence-electron chi connectivity index (χ1n) is 5.32. The second-order valence-corrected chi connectivity index (χ2v) is 4.88. The van der Waals surface area contributed by atoms with Gasteiger partial charge < -0.3 is 4.74 Å². The Morgan fingerprint density at radius 2 is 2.24 bits per heavy atom. The second kappa shape index (κ2) is 5.39. The number of halogens is 3. The average molecular weight is 307 g/mol. The monoisotopic (exact) mass is 306 g/mol. The van der Waals surface area contributed by atoms with Crippen LogP contribution in [0, 0.1) is 17.6 Å². The summed E-state index contributed by atoms with van der Waals surface area (Å²) in [5.41, 5.74) is 2.46. The van der Waals surface area contributed by atoms with Gasteiger partial charge in [-0.15, -0.1) is 0 Å². The minimum Gasteiger partial charge on any atom is -0.381 e. The predicted molar refractivity (Wildman–Crippen MR) is 63.0 cm³/mol. The summed E-state index contributed by atoms with van der Waals surface area (Å²) in [6.07, 6.45) is 0.736. The number of rotatable bonds is 3. The summed E-state index contributed by atoms with van der Waals surface area (Å²) >= 11 is 3.04. The van der Waals surface area contributed by atoms with Crippen LogP contribution in [0.5, 0.6) is 0 Å². The lowest BCUT2D eigenvalue weighted by Gasteiger charge is -2.23. The number of nitrogens with one attached hydrogen (secondary N) is 1. The van der Waals surface area contributed by atoms with Crippen LogP contribution >= 0.6 is 15.9 Å². The van der Waals surface area contributed by atoms with E-state index in [2.05, 4.69) is 21.4 Å². The van der Waals surface area contributed by atoms with Crippen molar-refractivity contribution in [3.8, 4) is 0 Å². The van der Waals surface area contributed by atoms with Crippen molar-refractivity contribution in [1.82, 2.24) is 5.43 Å². The molecule has 17 heavy (non-hydrogen) atoms. The molecule has 2 rings (SSSR count). The van der Waals surface area contributed by atoms with Crippen molar-refractivity contribution in [1.29, 1.82) is 0 Å². The van der Waals surface area contributed by atoms with Gasteiger partial charge in [-0.05, 0) is 34.5 Å². The van der Waals surface area contributed by atoms with Crippen molar-refractivity contribution in [2.45, 2.75) is 12.5 Å². The zero-order valence-electron chi connectivity index (χ0n) is 9.05. The quantitative estimate of drug-likeness (QED) is 0.512. The molecule has 1 aliphatic heterocycles. The molecule has 0 radical (unpaired) electrons. The molecule has 3 nitrogen and oxygen atoms in total. The minimum atomic E-state index is -0.611. The van der Waals surface area contributed by atoms with Gasteiger partial charge in [0.2, 0.25) is 0 Å². The van der Waals surface area contributed by atoms with E-state index in [-0.39, 0.29) is 16.0 Å². The zero-order valence-corrected chi connectivity index (χ0v) is 10.6. The first-order valence-corrected chi connectivity index (χ1v) is 6.11. The van der Waals surface area contributed by atoms with E-state index in [0.717, 1.165) is 6.42 Å². The van der Waals surface area contributed by atoms with Crippen molar-refractivity contribution in [2.75, 3.05) is 13.2 Å². The van der Waals surface area contributed by atoms with E-state index in [4.69, 9.17) is 10.6 Å². The van der Waals surface area contributed by atoms with E-state index in [1.807, 2.05) is 0 Å². The minimum absolute atomic E-state index is 0.0155. The van der Waals surface area contributed by atoms with Gasteiger partial charge >= 0.3 is 0 Å². The highest BCUT2D eigenvalue weighted by Crippen LogP contribution is 2.33. The van der Waals surface area contributed by atoms with Crippen LogP contribution < -0.4 is 11.3 Å². The molecule has 0 bridgehead atoms. The van der Waals surface area contributed by atoms with Crippen LogP contribution in [0.25, 0.3) is 0 Å². The highest BCUT2D eigenvalue weighted by atomic mass is 79.9. The van der Waals surface area contributed by atoms with Crippen LogP contribution in [0.2, 0.25) is 0 Å². The van der Waals surface area contributed by atoms with E-state index < -0.39 is 17.7 Å². The normalized spacial score (nSPS) is 21.8. The molecule has 0 aliphatic carbocycles. The third-order valence-corrected chi connectivity index (χ3v) is 3.62. The SMILES string of the molecule is NNC(c1c(F)ccc(Br)c1F)C1CCOC1. The maximum Gasteiger partial charge on any atom is 0.145 e. The molecule has 6 heteroatoms. The van der Waals surface area contributed by atoms with Gasteiger partial charge in [-0.25, -0.2) is 8.78 Å². The predicted octanol–water partition coefficient (Wildman–Crippen LogP) is 2.27. The molecule has 0 aromatic heterocycles. The largest absolute Gasteiger partial charge is 0.381 e. The summed E-state index contributed by atoms with van der Waals surface area (Å²) < 4.78 is 33.1. The molecule has 1 heterocycles.